The van der Waals surface area contributed by atoms with Crippen molar-refractivity contribution in [1.82, 2.24) is 0 Å². The van der Waals surface area contributed by atoms with Gasteiger partial charge in [0.15, 0.2) is 0 Å². The molecule has 0 aliphatic carbocycles. The quantitative estimate of drug-likeness (QED) is 0.138. The van der Waals surface area contributed by atoms with E-state index in [0.717, 1.165) is 5.56 Å². The van der Waals surface area contributed by atoms with Gasteiger partial charge in [0.25, 0.3) is 8.32 Å². The number of hydrogen-bond donors (Lipinski definition) is 0. The first-order valence-electron chi connectivity index (χ1n) is 13.6. The molecule has 0 fully saturated rings. The minimum Gasteiger partial charge on any atom is -0.548 e. The van der Waals surface area contributed by atoms with Gasteiger partial charge in [-0.15, -0.1) is 0 Å². The zero-order valence-corrected chi connectivity index (χ0v) is 24.9. The average molecular weight is 537 g/mol. The number of carbonyl (C=O) groups excluding carboxylic acids is 2. The third-order valence-corrected chi connectivity index (χ3v) is 12.8. The molecule has 0 saturated heterocycles. The molecule has 0 heterocycles. The summed E-state index contributed by atoms with van der Waals surface area (Å²) in [5, 5.41) is 0. The Hall–Kier alpha value is -3.12. The van der Waals surface area contributed by atoms with Crippen molar-refractivity contribution in [3.05, 3.63) is 90.2 Å². The van der Waals surface area contributed by atoms with Gasteiger partial charge >= 0.3 is 11.9 Å². The van der Waals surface area contributed by atoms with Gasteiger partial charge in [-0.05, 0) is 41.1 Å². The fourth-order valence-corrected chi connectivity index (χ4v) is 10.3. The van der Waals surface area contributed by atoms with E-state index in [2.05, 4.69) is 41.5 Å². The monoisotopic (exact) mass is 536 g/mol. The summed E-state index contributed by atoms with van der Waals surface area (Å²) in [4.78, 5) is 24.9. The van der Waals surface area contributed by atoms with Crippen molar-refractivity contribution in [2.24, 2.45) is 0 Å². The Bertz CT molecular complexity index is 1020. The first-order chi connectivity index (χ1) is 18.1. The van der Waals surface area contributed by atoms with E-state index in [4.69, 9.17) is 13.9 Å². The van der Waals surface area contributed by atoms with Gasteiger partial charge in [0.05, 0.1) is 6.26 Å². The molecule has 2 rings (SSSR count). The highest BCUT2D eigenvalue weighted by atomic mass is 28.4. The van der Waals surface area contributed by atoms with Crippen molar-refractivity contribution in [1.29, 1.82) is 0 Å². The number of allylic oxidation sites excluding steroid dienone is 1. The third-order valence-electron chi connectivity index (χ3n) is 6.86. The van der Waals surface area contributed by atoms with Gasteiger partial charge in [-0.25, -0.2) is 4.79 Å². The Kier molecular flexibility index (Phi) is 12.5. The molecule has 206 valence electrons. The molecule has 0 amide bonds. The highest BCUT2D eigenvalue weighted by molar-refractivity contribution is 6.77. The van der Waals surface area contributed by atoms with Gasteiger partial charge < -0.3 is 13.9 Å². The summed E-state index contributed by atoms with van der Waals surface area (Å²) in [6.07, 6.45) is 7.31. The molecule has 0 aliphatic rings. The second-order valence-electron chi connectivity index (χ2n) is 10.5. The van der Waals surface area contributed by atoms with Crippen LogP contribution in [0.25, 0.3) is 6.08 Å². The number of carbonyl (C=O) groups is 2. The molecule has 5 nitrogen and oxygen atoms in total. The summed E-state index contributed by atoms with van der Waals surface area (Å²) in [5.74, 6) is -1.14. The Balaban J connectivity index is 2.17. The van der Waals surface area contributed by atoms with Gasteiger partial charge in [-0.1, -0.05) is 114 Å². The van der Waals surface area contributed by atoms with Crippen molar-refractivity contribution in [2.45, 2.75) is 90.1 Å². The van der Waals surface area contributed by atoms with Crippen LogP contribution < -0.4 is 0 Å². The van der Waals surface area contributed by atoms with E-state index in [1.165, 1.54) is 6.92 Å². The summed E-state index contributed by atoms with van der Waals surface area (Å²) in [6.45, 7) is 14.8. The lowest BCUT2D eigenvalue weighted by Crippen LogP contribution is -2.46. The van der Waals surface area contributed by atoms with Crippen LogP contribution in [0.2, 0.25) is 16.6 Å². The van der Waals surface area contributed by atoms with Gasteiger partial charge in [-0.3, -0.25) is 4.79 Å². The largest absolute Gasteiger partial charge is 0.548 e. The third kappa shape index (κ3) is 9.01. The molecular formula is C32H44O5Si. The first-order valence-corrected chi connectivity index (χ1v) is 15.7. The predicted octanol–water partition coefficient (Wildman–Crippen LogP) is 8.40. The average Bonchev–Trinajstić information content (AvgIpc) is 2.88. The van der Waals surface area contributed by atoms with Gasteiger partial charge in [0.2, 0.25) is 6.10 Å². The maximum absolute atomic E-state index is 13.2. The van der Waals surface area contributed by atoms with Gasteiger partial charge in [-0.2, -0.15) is 0 Å². The Morgan fingerprint density at radius 1 is 0.816 bits per heavy atom. The molecule has 6 heteroatoms. The van der Waals surface area contributed by atoms with Crippen LogP contribution in [-0.2, 0) is 23.5 Å². The SMILES string of the molecule is CC(=O)O[C@H](C(=O)O[C@H](/C=C/c1ccccc1)CC/C=C/O[Si](C(C)C)(C(C)C)C(C)C)c1ccccc1. The van der Waals surface area contributed by atoms with E-state index in [-0.39, 0.29) is 0 Å². The van der Waals surface area contributed by atoms with Crippen molar-refractivity contribution in [3.8, 4) is 0 Å². The highest BCUT2D eigenvalue weighted by Crippen LogP contribution is 2.42. The Labute approximate surface area is 230 Å². The summed E-state index contributed by atoms with van der Waals surface area (Å²) in [6, 6.07) is 18.8. The van der Waals surface area contributed by atoms with Crippen molar-refractivity contribution in [2.75, 3.05) is 0 Å². The van der Waals surface area contributed by atoms with Gasteiger partial charge in [0, 0.05) is 12.5 Å². The fraction of sp³-hybridized carbons (Fsp3) is 0.438. The predicted molar refractivity (Wildman–Crippen MR) is 157 cm³/mol. The molecular weight excluding hydrogens is 492 g/mol. The molecule has 0 saturated carbocycles. The fourth-order valence-electron chi connectivity index (χ4n) is 5.14. The number of ether oxygens (including phenoxy) is 2. The van der Waals surface area contributed by atoms with E-state index in [9.17, 15) is 9.59 Å². The smallest absolute Gasteiger partial charge is 0.352 e. The number of benzene rings is 2. The van der Waals surface area contributed by atoms with Crippen molar-refractivity contribution in [3.63, 3.8) is 0 Å². The molecule has 0 radical (unpaired) electrons. The maximum Gasteiger partial charge on any atom is 0.352 e. The zero-order valence-electron chi connectivity index (χ0n) is 23.9. The molecule has 38 heavy (non-hydrogen) atoms. The van der Waals surface area contributed by atoms with Crippen LogP contribution in [0.3, 0.4) is 0 Å². The lowest BCUT2D eigenvalue weighted by atomic mass is 10.1. The van der Waals surface area contributed by atoms with E-state index in [0.29, 0.717) is 35.0 Å². The van der Waals surface area contributed by atoms with E-state index in [1.54, 1.807) is 24.3 Å². The van der Waals surface area contributed by atoms with Crippen LogP contribution in [0, 0.1) is 0 Å². The molecule has 0 N–H and O–H groups in total. The highest BCUT2D eigenvalue weighted by Gasteiger charge is 2.46. The van der Waals surface area contributed by atoms with E-state index in [1.807, 2.05) is 60.9 Å². The first kappa shape index (κ1) is 31.1. The lowest BCUT2D eigenvalue weighted by molar-refractivity contribution is -0.169. The maximum atomic E-state index is 13.2. The molecule has 2 aromatic rings. The number of rotatable bonds is 14. The zero-order chi connectivity index (χ0) is 28.1. The van der Waals surface area contributed by atoms with Crippen LogP contribution in [0.15, 0.2) is 79.1 Å². The molecule has 0 aliphatic heterocycles. The second kappa shape index (κ2) is 15.3. The summed E-state index contributed by atoms with van der Waals surface area (Å²) >= 11 is 0. The van der Waals surface area contributed by atoms with E-state index >= 15 is 0 Å². The summed E-state index contributed by atoms with van der Waals surface area (Å²) in [5.41, 5.74) is 3.06. The molecule has 0 aromatic heterocycles. The Morgan fingerprint density at radius 3 is 1.89 bits per heavy atom. The minimum atomic E-state index is -1.99. The number of esters is 2. The van der Waals surface area contributed by atoms with Crippen LogP contribution >= 0.6 is 0 Å². The van der Waals surface area contributed by atoms with E-state index < -0.39 is 32.5 Å². The van der Waals surface area contributed by atoms with Crippen LogP contribution in [0.4, 0.5) is 0 Å². The minimum absolute atomic E-state index is 0.492. The topological polar surface area (TPSA) is 61.8 Å². The Morgan fingerprint density at radius 2 is 1.37 bits per heavy atom. The summed E-state index contributed by atoms with van der Waals surface area (Å²) < 4.78 is 17.7. The molecule has 0 bridgehead atoms. The van der Waals surface area contributed by atoms with Crippen molar-refractivity contribution >= 4 is 26.3 Å². The van der Waals surface area contributed by atoms with Crippen molar-refractivity contribution < 1.29 is 23.5 Å². The van der Waals surface area contributed by atoms with Crippen LogP contribution in [-0.4, -0.2) is 26.4 Å². The number of hydrogen-bond acceptors (Lipinski definition) is 5. The van der Waals surface area contributed by atoms with Crippen LogP contribution in [0.1, 0.15) is 78.5 Å². The second-order valence-corrected chi connectivity index (χ2v) is 15.9. The van der Waals surface area contributed by atoms with Gasteiger partial charge in [0.1, 0.15) is 6.10 Å². The normalized spacial score (nSPS) is 13.8. The molecule has 0 unspecified atom stereocenters. The molecule has 2 atom stereocenters. The molecule has 0 spiro atoms. The van der Waals surface area contributed by atoms with Crippen LogP contribution in [0.5, 0.6) is 0 Å². The lowest BCUT2D eigenvalue weighted by Gasteiger charge is -2.41. The summed E-state index contributed by atoms with van der Waals surface area (Å²) in [7, 11) is -1.99. The molecule has 2 aromatic carbocycles. The standard InChI is InChI=1S/C32H44O5Si/c1-24(2)38(25(3)4,26(5)6)35-23-15-14-20-30(22-21-28-16-10-8-11-17-28)37-32(34)31(36-27(7)33)29-18-12-9-13-19-29/h8-13,15-19,21-26,30-31H,14,20H2,1-7H3/b22-21+,23-15+/t30-,31-/m0/s1.